The van der Waals surface area contributed by atoms with Crippen LogP contribution in [0, 0.1) is 12.7 Å². The highest BCUT2D eigenvalue weighted by atomic mass is 32.2. The van der Waals surface area contributed by atoms with E-state index in [9.17, 15) is 13.2 Å². The van der Waals surface area contributed by atoms with E-state index in [1.54, 1.807) is 25.1 Å². The van der Waals surface area contributed by atoms with Gasteiger partial charge in [-0.2, -0.15) is 25.3 Å². The van der Waals surface area contributed by atoms with Crippen LogP contribution in [0.25, 0.3) is 27.7 Å². The fourth-order valence-corrected chi connectivity index (χ4v) is 5.89. The number of rotatable bonds is 6. The van der Waals surface area contributed by atoms with Gasteiger partial charge < -0.3 is 10.3 Å². The van der Waals surface area contributed by atoms with Crippen LogP contribution in [0.3, 0.4) is 0 Å². The van der Waals surface area contributed by atoms with E-state index in [4.69, 9.17) is 13.6 Å². The molecule has 1 aliphatic heterocycles. The number of thiol groups is 2. The highest BCUT2D eigenvalue weighted by Crippen LogP contribution is 2.35. The molecule has 41 heavy (non-hydrogen) atoms. The first-order valence-electron chi connectivity index (χ1n) is 13.6. The van der Waals surface area contributed by atoms with Gasteiger partial charge >= 0.3 is 0 Å². The lowest BCUT2D eigenvalue weighted by Gasteiger charge is -2.40. The molecule has 4 aromatic rings. The van der Waals surface area contributed by atoms with Crippen LogP contribution in [0.2, 0.25) is 0 Å². The molecule has 0 unspecified atom stereocenters. The second-order valence-electron chi connectivity index (χ2n) is 10.8. The molecule has 1 saturated carbocycles. The van der Waals surface area contributed by atoms with Gasteiger partial charge in [0, 0.05) is 28.5 Å². The van der Waals surface area contributed by atoms with Gasteiger partial charge in [-0.15, -0.1) is 5.10 Å². The van der Waals surface area contributed by atoms with Crippen LogP contribution < -0.4 is 5.73 Å². The summed E-state index contributed by atoms with van der Waals surface area (Å²) in [6.45, 7) is 2.99. The summed E-state index contributed by atoms with van der Waals surface area (Å²) in [6, 6.07) is 5.68. The normalized spacial score (nSPS) is 18.6. The van der Waals surface area contributed by atoms with Gasteiger partial charge in [0.05, 0.1) is 35.0 Å². The summed E-state index contributed by atoms with van der Waals surface area (Å²) < 4.78 is 55.4. The molecule has 0 bridgehead atoms. The van der Waals surface area contributed by atoms with Crippen LogP contribution in [0.5, 0.6) is 0 Å². The molecule has 2 aliphatic rings. The van der Waals surface area contributed by atoms with E-state index in [1.807, 2.05) is 0 Å². The van der Waals surface area contributed by atoms with Gasteiger partial charge in [0.1, 0.15) is 19.8 Å². The summed E-state index contributed by atoms with van der Waals surface area (Å²) in [6.07, 6.45) is 4.00. The van der Waals surface area contributed by atoms with Crippen molar-refractivity contribution >= 4 is 55.6 Å². The standard InChI is InChI=1S/C18H16BF3N6S2.C9H16FN/c1-8-24-11-3-2-9(4-13(11)27(8)7-14(21)22)15-10(20)6-28-16(15)12(5-18(19,29)30)25-17(23)26-28;10-8-3-2-6-11(7-8)9-4-1-5-9/h2-4,6,14,29-30H,5,7H2,1H3,(H2,23,26);8-9H,1-7H2/t;8-/m.1/s1. The number of imidazole rings is 1. The number of halogens is 4. The molecule has 1 saturated heterocycles. The Labute approximate surface area is 248 Å². The van der Waals surface area contributed by atoms with E-state index >= 15 is 4.39 Å². The van der Waals surface area contributed by atoms with Crippen LogP contribution in [-0.4, -0.2) is 72.6 Å². The van der Waals surface area contributed by atoms with Crippen molar-refractivity contribution in [2.75, 3.05) is 18.8 Å². The second-order valence-corrected chi connectivity index (χ2v) is 12.7. The van der Waals surface area contributed by atoms with E-state index in [0.29, 0.717) is 40.2 Å². The van der Waals surface area contributed by atoms with E-state index in [2.05, 4.69) is 45.2 Å². The minimum absolute atomic E-state index is 0.0638. The molecular formula is C27H32BF4N7S2. The Balaban J connectivity index is 0.000000255. The minimum Gasteiger partial charge on any atom is -0.367 e. The lowest BCUT2D eigenvalue weighted by Crippen LogP contribution is -2.46. The summed E-state index contributed by atoms with van der Waals surface area (Å²) in [7, 11) is 5.89. The third-order valence-electron chi connectivity index (χ3n) is 7.64. The van der Waals surface area contributed by atoms with E-state index < -0.39 is 28.9 Å². The summed E-state index contributed by atoms with van der Waals surface area (Å²) >= 11 is 8.41. The molecular weight excluding hydrogens is 573 g/mol. The Morgan fingerprint density at radius 1 is 1.17 bits per heavy atom. The number of anilines is 1. The van der Waals surface area contributed by atoms with E-state index in [-0.39, 0.29) is 17.9 Å². The predicted octanol–water partition coefficient (Wildman–Crippen LogP) is 5.24. The monoisotopic (exact) mass is 605 g/mol. The Morgan fingerprint density at radius 3 is 2.56 bits per heavy atom. The van der Waals surface area contributed by atoms with Crippen molar-refractivity contribution in [3.05, 3.63) is 41.7 Å². The Morgan fingerprint density at radius 2 is 1.93 bits per heavy atom. The lowest BCUT2D eigenvalue weighted by atomic mass is 9.90. The molecule has 1 aromatic carbocycles. The van der Waals surface area contributed by atoms with Crippen LogP contribution in [-0.2, 0) is 13.0 Å². The molecule has 2 radical (unpaired) electrons. The van der Waals surface area contributed by atoms with E-state index in [0.717, 1.165) is 25.4 Å². The largest absolute Gasteiger partial charge is 0.367 e. The maximum Gasteiger partial charge on any atom is 0.256 e. The Bertz CT molecular complexity index is 1530. The van der Waals surface area contributed by atoms with Gasteiger partial charge in [-0.05, 0) is 56.8 Å². The van der Waals surface area contributed by atoms with Crippen molar-refractivity contribution in [1.82, 2.24) is 29.0 Å². The maximum absolute atomic E-state index is 15.0. The zero-order valence-electron chi connectivity index (χ0n) is 22.6. The summed E-state index contributed by atoms with van der Waals surface area (Å²) in [5, 5.41) is 4.03. The summed E-state index contributed by atoms with van der Waals surface area (Å²) in [4.78, 5) is 10.8. The van der Waals surface area contributed by atoms with Gasteiger partial charge in [-0.25, -0.2) is 32.0 Å². The molecule has 4 heterocycles. The number of hydrogen-bond donors (Lipinski definition) is 3. The topological polar surface area (TPSA) is 77.3 Å². The Kier molecular flexibility index (Phi) is 8.82. The van der Waals surface area contributed by atoms with Crippen LogP contribution >= 0.6 is 25.3 Å². The van der Waals surface area contributed by atoms with E-state index in [1.165, 1.54) is 34.5 Å². The zero-order chi connectivity index (χ0) is 29.5. The third-order valence-corrected chi connectivity index (χ3v) is 7.95. The molecule has 218 valence electrons. The first kappa shape index (κ1) is 30.0. The van der Waals surface area contributed by atoms with Crippen molar-refractivity contribution in [3.8, 4) is 11.1 Å². The molecule has 0 spiro atoms. The number of nitrogen functional groups attached to an aromatic ring is 1. The van der Waals surface area contributed by atoms with Crippen molar-refractivity contribution in [2.24, 2.45) is 0 Å². The first-order chi connectivity index (χ1) is 19.4. The van der Waals surface area contributed by atoms with Crippen LogP contribution in [0.1, 0.15) is 43.6 Å². The molecule has 2 N–H and O–H groups in total. The number of fused-ring (bicyclic) bond motifs is 2. The van der Waals surface area contributed by atoms with Crippen LogP contribution in [0.15, 0.2) is 24.4 Å². The third kappa shape index (κ3) is 6.80. The number of nitrogens with two attached hydrogens (primary N) is 1. The molecule has 7 nitrogen and oxygen atoms in total. The highest BCUT2D eigenvalue weighted by molar-refractivity contribution is 8.02. The smallest absolute Gasteiger partial charge is 0.256 e. The van der Waals surface area contributed by atoms with Crippen LogP contribution in [0.4, 0.5) is 23.5 Å². The van der Waals surface area contributed by atoms with Crippen molar-refractivity contribution < 1.29 is 17.6 Å². The molecule has 1 atom stereocenters. The van der Waals surface area contributed by atoms with Gasteiger partial charge in [0.25, 0.3) is 6.43 Å². The fourth-order valence-electron chi connectivity index (χ4n) is 5.59. The average Bonchev–Trinajstić information content (AvgIpc) is 3.32. The number of nitrogens with zero attached hydrogens (tertiary/aromatic N) is 6. The summed E-state index contributed by atoms with van der Waals surface area (Å²) in [5.74, 6) is -0.196. The Hall–Kier alpha value is -2.45. The number of aromatic nitrogens is 5. The van der Waals surface area contributed by atoms with Gasteiger partial charge in [0.2, 0.25) is 5.95 Å². The van der Waals surface area contributed by atoms with Gasteiger partial charge in [-0.1, -0.05) is 12.5 Å². The maximum atomic E-state index is 15.0. The molecule has 3 aromatic heterocycles. The number of benzene rings is 1. The number of alkyl halides is 3. The quantitative estimate of drug-likeness (QED) is 0.121. The zero-order valence-corrected chi connectivity index (χ0v) is 24.4. The number of likely N-dealkylation sites (tertiary alicyclic amines) is 1. The number of piperidine rings is 1. The molecule has 1 aliphatic carbocycles. The minimum atomic E-state index is -2.55. The number of hydrogen-bond acceptors (Lipinski definition) is 7. The van der Waals surface area contributed by atoms with Crippen molar-refractivity contribution in [1.29, 1.82) is 0 Å². The predicted molar refractivity (Wildman–Crippen MR) is 160 cm³/mol. The van der Waals surface area contributed by atoms with Gasteiger partial charge in [-0.3, -0.25) is 4.90 Å². The molecule has 6 rings (SSSR count). The SMILES string of the molecule is F[C@@H]1CCCN(C2CCC2)C1.[B]C(S)(S)Cc1nc(N)nn2cc(F)c(-c3ccc4nc(C)n(CC(F)F)c4c3)c12. The highest BCUT2D eigenvalue weighted by Gasteiger charge is 2.29. The molecule has 2 fully saturated rings. The lowest BCUT2D eigenvalue weighted by molar-refractivity contribution is 0.0620. The van der Waals surface area contributed by atoms with Crippen molar-refractivity contribution in [2.45, 2.75) is 74.6 Å². The average molecular weight is 606 g/mol. The van der Waals surface area contributed by atoms with Crippen molar-refractivity contribution in [3.63, 3.8) is 0 Å². The fraction of sp³-hybridized carbons (Fsp3) is 0.519. The number of aryl methyl sites for hydroxylation is 1. The second kappa shape index (κ2) is 12.0. The molecule has 14 heteroatoms. The van der Waals surface area contributed by atoms with Gasteiger partial charge in [0.15, 0.2) is 5.82 Å². The first-order valence-corrected chi connectivity index (χ1v) is 14.5. The molecule has 0 amide bonds. The summed E-state index contributed by atoms with van der Waals surface area (Å²) in [5.41, 5.74) is 8.10.